The highest BCUT2D eigenvalue weighted by atomic mass is 16.6. The summed E-state index contributed by atoms with van der Waals surface area (Å²) >= 11 is 0. The van der Waals surface area contributed by atoms with E-state index in [0.717, 1.165) is 0 Å². The molecule has 7 nitrogen and oxygen atoms in total. The average Bonchev–Trinajstić information content (AvgIpc) is 2.92. The van der Waals surface area contributed by atoms with Gasteiger partial charge in [-0.3, -0.25) is 9.69 Å². The maximum atomic E-state index is 12.1. The molecule has 104 valence electrons. The second kappa shape index (κ2) is 6.37. The van der Waals surface area contributed by atoms with Crippen LogP contribution >= 0.6 is 0 Å². The second-order valence-electron chi connectivity index (χ2n) is 3.91. The van der Waals surface area contributed by atoms with Crippen LogP contribution in [0, 0.1) is 0 Å². The maximum absolute atomic E-state index is 12.1. The number of carbonyl (C=O) groups excluding carboxylic acids is 1. The quantitative estimate of drug-likeness (QED) is 0.868. The number of nitrogens with zero attached hydrogens (tertiary/aromatic N) is 2. The number of aromatic amines is 1. The zero-order valence-electron chi connectivity index (χ0n) is 10.5. The number of hydrogen-bond acceptors (Lipinski definition) is 4. The molecule has 2 rings (SSSR count). The number of para-hydroxylation sites is 1. The zero-order valence-corrected chi connectivity index (χ0v) is 10.5. The molecule has 1 aromatic carbocycles. The molecule has 0 atom stereocenters. The van der Waals surface area contributed by atoms with Gasteiger partial charge in [0.25, 0.3) is 0 Å². The van der Waals surface area contributed by atoms with Crippen molar-refractivity contribution in [2.45, 2.75) is 6.42 Å². The minimum atomic E-state index is -0.986. The number of ether oxygens (including phenoxy) is 1. The first kappa shape index (κ1) is 13.6. The second-order valence-corrected chi connectivity index (χ2v) is 3.91. The first-order valence-corrected chi connectivity index (χ1v) is 5.91. The van der Waals surface area contributed by atoms with Gasteiger partial charge in [0.05, 0.1) is 18.9 Å². The lowest BCUT2D eigenvalue weighted by Crippen LogP contribution is -2.35. The van der Waals surface area contributed by atoms with E-state index in [1.54, 1.807) is 30.3 Å². The third kappa shape index (κ3) is 3.58. The number of H-pyrrole nitrogens is 1. The number of anilines is 1. The average molecular weight is 275 g/mol. The van der Waals surface area contributed by atoms with E-state index in [9.17, 15) is 9.59 Å². The summed E-state index contributed by atoms with van der Waals surface area (Å²) in [6.45, 7) is 0.0202. The highest BCUT2D eigenvalue weighted by Gasteiger charge is 2.19. The number of hydrogen-bond donors (Lipinski definition) is 2. The van der Waals surface area contributed by atoms with Gasteiger partial charge >= 0.3 is 12.1 Å². The fraction of sp³-hybridized carbons (Fsp3) is 0.154. The minimum Gasteiger partial charge on any atom is -0.481 e. The normalized spacial score (nSPS) is 10.0. The lowest BCUT2D eigenvalue weighted by Gasteiger charge is -2.20. The number of imidazole rings is 1. The van der Waals surface area contributed by atoms with Gasteiger partial charge in [-0.1, -0.05) is 18.2 Å². The van der Waals surface area contributed by atoms with Crippen LogP contribution in [0.2, 0.25) is 0 Å². The molecule has 0 unspecified atom stereocenters. The molecule has 0 aliphatic carbocycles. The summed E-state index contributed by atoms with van der Waals surface area (Å²) < 4.78 is 5.08. The summed E-state index contributed by atoms with van der Waals surface area (Å²) in [5.74, 6) is -0.786. The van der Waals surface area contributed by atoms with E-state index in [4.69, 9.17) is 9.84 Å². The number of carboxylic acid groups (broad SMARTS) is 1. The first-order chi connectivity index (χ1) is 9.66. The Bertz CT molecular complexity index is 569. The number of carbonyl (C=O) groups is 2. The molecule has 20 heavy (non-hydrogen) atoms. The van der Waals surface area contributed by atoms with Gasteiger partial charge in [-0.05, 0) is 12.1 Å². The molecule has 0 saturated carbocycles. The maximum Gasteiger partial charge on any atom is 0.421 e. The molecule has 0 saturated heterocycles. The van der Waals surface area contributed by atoms with Crippen LogP contribution in [-0.4, -0.2) is 33.7 Å². The molecule has 7 heteroatoms. The summed E-state index contributed by atoms with van der Waals surface area (Å²) in [6, 6.07) is 8.73. The van der Waals surface area contributed by atoms with Crippen LogP contribution in [0.25, 0.3) is 0 Å². The Morgan fingerprint density at radius 2 is 2.05 bits per heavy atom. The van der Waals surface area contributed by atoms with Gasteiger partial charge in [-0.25, -0.2) is 9.78 Å². The zero-order chi connectivity index (χ0) is 14.4. The first-order valence-electron chi connectivity index (χ1n) is 5.91. The summed E-state index contributed by atoms with van der Waals surface area (Å²) in [7, 11) is 0. The van der Waals surface area contributed by atoms with Crippen molar-refractivity contribution in [3.8, 4) is 5.88 Å². The highest BCUT2D eigenvalue weighted by molar-refractivity contribution is 5.89. The van der Waals surface area contributed by atoms with Crippen molar-refractivity contribution in [3.05, 3.63) is 42.9 Å². The van der Waals surface area contributed by atoms with Crippen LogP contribution < -0.4 is 9.64 Å². The van der Waals surface area contributed by atoms with E-state index in [2.05, 4.69) is 9.97 Å². The number of aliphatic carboxylic acids is 1. The minimum absolute atomic E-state index is 0.0202. The van der Waals surface area contributed by atoms with Crippen LogP contribution in [0.1, 0.15) is 6.42 Å². The Labute approximate surface area is 114 Å². The fourth-order valence-electron chi connectivity index (χ4n) is 1.59. The van der Waals surface area contributed by atoms with E-state index in [1.165, 1.54) is 17.4 Å². The summed E-state index contributed by atoms with van der Waals surface area (Å²) in [6.07, 6.45) is 1.90. The molecule has 2 aromatic rings. The van der Waals surface area contributed by atoms with Crippen LogP contribution in [0.5, 0.6) is 5.88 Å². The summed E-state index contributed by atoms with van der Waals surface area (Å²) in [5.41, 5.74) is 0.568. The predicted octanol–water partition coefficient (Wildman–Crippen LogP) is 1.89. The molecule has 0 aliphatic heterocycles. The number of amides is 1. The molecule has 1 amide bonds. The third-order valence-corrected chi connectivity index (χ3v) is 2.51. The van der Waals surface area contributed by atoms with Crippen molar-refractivity contribution >= 4 is 17.7 Å². The topological polar surface area (TPSA) is 95.5 Å². The smallest absolute Gasteiger partial charge is 0.421 e. The van der Waals surface area contributed by atoms with Crippen molar-refractivity contribution < 1.29 is 19.4 Å². The van der Waals surface area contributed by atoms with Gasteiger partial charge in [0.1, 0.15) is 0 Å². The molecular formula is C13H13N3O4. The van der Waals surface area contributed by atoms with Crippen LogP contribution in [0.15, 0.2) is 42.9 Å². The van der Waals surface area contributed by atoms with Crippen LogP contribution in [0.3, 0.4) is 0 Å². The van der Waals surface area contributed by atoms with E-state index < -0.39 is 12.1 Å². The standard InChI is InChI=1S/C13H13N3O4/c17-12(18)6-7-16(10-4-2-1-3-5-10)13(19)20-11-8-14-9-15-11/h1-5,8-9H,6-7H2,(H,14,15)(H,17,18). The Hall–Kier alpha value is -2.83. The lowest BCUT2D eigenvalue weighted by molar-refractivity contribution is -0.136. The molecule has 0 radical (unpaired) electrons. The Morgan fingerprint density at radius 3 is 2.65 bits per heavy atom. The molecule has 1 aromatic heterocycles. The van der Waals surface area contributed by atoms with E-state index in [0.29, 0.717) is 5.69 Å². The molecular weight excluding hydrogens is 262 g/mol. The fourth-order valence-corrected chi connectivity index (χ4v) is 1.59. The SMILES string of the molecule is O=C(O)CCN(C(=O)Oc1cnc[nH]1)c1ccccc1. The van der Waals surface area contributed by atoms with E-state index >= 15 is 0 Å². The third-order valence-electron chi connectivity index (χ3n) is 2.51. The van der Waals surface area contributed by atoms with Gasteiger partial charge in [-0.15, -0.1) is 0 Å². The molecule has 0 fully saturated rings. The molecule has 0 spiro atoms. The Balaban J connectivity index is 2.13. The molecule has 1 heterocycles. The Morgan fingerprint density at radius 1 is 1.30 bits per heavy atom. The van der Waals surface area contributed by atoms with Crippen LogP contribution in [-0.2, 0) is 4.79 Å². The molecule has 0 bridgehead atoms. The number of rotatable bonds is 5. The lowest BCUT2D eigenvalue weighted by atomic mass is 10.3. The van der Waals surface area contributed by atoms with Gasteiger partial charge < -0.3 is 14.8 Å². The number of carboxylic acids is 1. The summed E-state index contributed by atoms with van der Waals surface area (Å²) in [5, 5.41) is 8.75. The molecule has 0 aliphatic rings. The van der Waals surface area contributed by atoms with Gasteiger partial charge in [0.2, 0.25) is 5.88 Å². The van der Waals surface area contributed by atoms with Crippen molar-refractivity contribution in [3.63, 3.8) is 0 Å². The number of benzene rings is 1. The van der Waals surface area contributed by atoms with Gasteiger partial charge in [0, 0.05) is 12.2 Å². The van der Waals surface area contributed by atoms with Crippen molar-refractivity contribution in [1.29, 1.82) is 0 Å². The highest BCUT2D eigenvalue weighted by Crippen LogP contribution is 2.16. The van der Waals surface area contributed by atoms with Crippen molar-refractivity contribution in [2.24, 2.45) is 0 Å². The van der Waals surface area contributed by atoms with Gasteiger partial charge in [-0.2, -0.15) is 0 Å². The molecule has 2 N–H and O–H groups in total. The summed E-state index contributed by atoms with van der Waals surface area (Å²) in [4.78, 5) is 30.4. The number of aromatic nitrogens is 2. The Kier molecular flexibility index (Phi) is 4.33. The van der Waals surface area contributed by atoms with E-state index in [-0.39, 0.29) is 18.8 Å². The number of nitrogens with one attached hydrogen (secondary N) is 1. The monoisotopic (exact) mass is 275 g/mol. The van der Waals surface area contributed by atoms with Crippen molar-refractivity contribution in [2.75, 3.05) is 11.4 Å². The van der Waals surface area contributed by atoms with E-state index in [1.807, 2.05) is 0 Å². The predicted molar refractivity (Wildman–Crippen MR) is 70.7 cm³/mol. The van der Waals surface area contributed by atoms with Gasteiger partial charge in [0.15, 0.2) is 0 Å². The van der Waals surface area contributed by atoms with Crippen molar-refractivity contribution in [1.82, 2.24) is 9.97 Å². The largest absolute Gasteiger partial charge is 0.481 e. The van der Waals surface area contributed by atoms with Crippen LogP contribution in [0.4, 0.5) is 10.5 Å².